The number of Topliss-reactive ketones (excluding diaryl/α,β-unsaturated/α-hetero) is 1. The number of hydrogen-bond donors (Lipinski definition) is 1. The Balaban J connectivity index is 1.90. The van der Waals surface area contributed by atoms with Gasteiger partial charge in [-0.25, -0.2) is 0 Å². The molecule has 0 radical (unpaired) electrons. The van der Waals surface area contributed by atoms with Crippen molar-refractivity contribution in [3.8, 4) is 0 Å². The lowest BCUT2D eigenvalue weighted by molar-refractivity contribution is -0.124. The van der Waals surface area contributed by atoms with Gasteiger partial charge in [0.2, 0.25) is 5.91 Å². The van der Waals surface area contributed by atoms with Crippen LogP contribution in [-0.4, -0.2) is 11.7 Å². The van der Waals surface area contributed by atoms with E-state index >= 15 is 0 Å². The van der Waals surface area contributed by atoms with E-state index in [1.807, 2.05) is 19.9 Å². The van der Waals surface area contributed by atoms with Crippen molar-refractivity contribution in [2.24, 2.45) is 0 Å². The minimum atomic E-state index is -0.670. The first-order valence-electron chi connectivity index (χ1n) is 8.69. The highest BCUT2D eigenvalue weighted by molar-refractivity contribution is 6.21. The molecular formula is C20H25NO2. The number of hydrogen-bond acceptors (Lipinski definition) is 2. The lowest BCUT2D eigenvalue weighted by Crippen LogP contribution is -2.19. The Kier molecular flexibility index (Phi) is 4.38. The molecule has 1 unspecified atom stereocenters. The van der Waals surface area contributed by atoms with E-state index in [0.29, 0.717) is 11.6 Å². The summed E-state index contributed by atoms with van der Waals surface area (Å²) in [7, 11) is 0. The second-order valence-corrected chi connectivity index (χ2v) is 6.89. The summed E-state index contributed by atoms with van der Waals surface area (Å²) in [6.45, 7) is 6.16. The SMILES string of the molecule is CCCC/C=C1\NC(=O)C(c2c(C)cc(C3CC3)cc2C)C1=O. The number of aryl methyl sites for hydroxylation is 2. The van der Waals surface area contributed by atoms with Gasteiger partial charge in [-0.2, -0.15) is 0 Å². The highest BCUT2D eigenvalue weighted by Crippen LogP contribution is 2.42. The van der Waals surface area contributed by atoms with Gasteiger partial charge in [0.1, 0.15) is 5.92 Å². The first-order chi connectivity index (χ1) is 11.0. The van der Waals surface area contributed by atoms with E-state index in [-0.39, 0.29) is 11.7 Å². The van der Waals surface area contributed by atoms with Gasteiger partial charge in [0.25, 0.3) is 0 Å². The summed E-state index contributed by atoms with van der Waals surface area (Å²) in [6.07, 6.45) is 7.34. The number of ketones is 1. The standard InChI is InChI=1S/C20H25NO2/c1-4-5-6-7-16-19(22)18(20(23)21-16)17-12(2)10-15(11-13(17)3)14-8-9-14/h7,10-11,14,18H,4-6,8-9H2,1-3H3,(H,21,23)/b16-7-. The summed E-state index contributed by atoms with van der Waals surface area (Å²) in [5.41, 5.74) is 4.87. The summed E-state index contributed by atoms with van der Waals surface area (Å²) >= 11 is 0. The molecule has 2 fully saturated rings. The number of carbonyl (C=O) groups is 2. The summed E-state index contributed by atoms with van der Waals surface area (Å²) in [4.78, 5) is 25.1. The van der Waals surface area contributed by atoms with Gasteiger partial charge in [-0.1, -0.05) is 31.6 Å². The molecule has 1 saturated carbocycles. The van der Waals surface area contributed by atoms with Gasteiger partial charge in [-0.05, 0) is 67.7 Å². The summed E-state index contributed by atoms with van der Waals surface area (Å²) in [5, 5.41) is 2.79. The second kappa shape index (κ2) is 6.31. The number of nitrogens with one attached hydrogen (secondary N) is 1. The largest absolute Gasteiger partial charge is 0.322 e. The Bertz CT molecular complexity index is 660. The molecule has 1 amide bonds. The lowest BCUT2D eigenvalue weighted by atomic mass is 9.86. The highest BCUT2D eigenvalue weighted by Gasteiger charge is 2.40. The van der Waals surface area contributed by atoms with Gasteiger partial charge in [0, 0.05) is 0 Å². The molecule has 3 nitrogen and oxygen atoms in total. The van der Waals surface area contributed by atoms with Crippen LogP contribution in [0.2, 0.25) is 0 Å². The van der Waals surface area contributed by atoms with E-state index in [4.69, 9.17) is 0 Å². The Morgan fingerprint density at radius 1 is 1.17 bits per heavy atom. The molecule has 2 aliphatic rings. The average molecular weight is 311 g/mol. The van der Waals surface area contributed by atoms with Gasteiger partial charge >= 0.3 is 0 Å². The van der Waals surface area contributed by atoms with Crippen molar-refractivity contribution in [2.45, 2.75) is 64.7 Å². The van der Waals surface area contributed by atoms with E-state index in [1.54, 1.807) is 0 Å². The van der Waals surface area contributed by atoms with Crippen LogP contribution in [-0.2, 0) is 9.59 Å². The summed E-state index contributed by atoms with van der Waals surface area (Å²) in [5.74, 6) is -0.241. The number of amides is 1. The topological polar surface area (TPSA) is 46.2 Å². The van der Waals surface area contributed by atoms with Crippen LogP contribution in [0.1, 0.15) is 73.1 Å². The molecule has 1 saturated heterocycles. The molecule has 0 bridgehead atoms. The van der Waals surface area contributed by atoms with E-state index in [9.17, 15) is 9.59 Å². The molecule has 1 heterocycles. The number of unbranched alkanes of at least 4 members (excludes halogenated alkanes) is 2. The zero-order chi connectivity index (χ0) is 16.6. The van der Waals surface area contributed by atoms with Gasteiger partial charge in [-0.3, -0.25) is 9.59 Å². The Morgan fingerprint density at radius 2 is 1.83 bits per heavy atom. The predicted molar refractivity (Wildman–Crippen MR) is 91.4 cm³/mol. The van der Waals surface area contributed by atoms with Crippen LogP contribution in [0.15, 0.2) is 23.9 Å². The maximum Gasteiger partial charge on any atom is 0.240 e. The number of carbonyl (C=O) groups excluding carboxylic acids is 2. The fraction of sp³-hybridized carbons (Fsp3) is 0.500. The quantitative estimate of drug-likeness (QED) is 0.507. The minimum Gasteiger partial charge on any atom is -0.322 e. The lowest BCUT2D eigenvalue weighted by Gasteiger charge is -2.15. The van der Waals surface area contributed by atoms with Gasteiger partial charge in [0.05, 0.1) is 5.70 Å². The van der Waals surface area contributed by atoms with E-state index in [0.717, 1.165) is 36.0 Å². The number of rotatable bonds is 5. The van der Waals surface area contributed by atoms with Crippen molar-refractivity contribution in [3.63, 3.8) is 0 Å². The average Bonchev–Trinajstić information content (AvgIpc) is 3.30. The van der Waals surface area contributed by atoms with E-state index in [1.165, 1.54) is 18.4 Å². The van der Waals surface area contributed by atoms with Crippen LogP contribution in [0.3, 0.4) is 0 Å². The molecule has 122 valence electrons. The molecule has 0 spiro atoms. The van der Waals surface area contributed by atoms with E-state index < -0.39 is 5.92 Å². The molecule has 23 heavy (non-hydrogen) atoms. The molecule has 1 aromatic carbocycles. The number of benzene rings is 1. The third-order valence-corrected chi connectivity index (χ3v) is 4.91. The highest BCUT2D eigenvalue weighted by atomic mass is 16.2. The first kappa shape index (κ1) is 16.0. The summed E-state index contributed by atoms with van der Waals surface area (Å²) in [6, 6.07) is 4.33. The second-order valence-electron chi connectivity index (χ2n) is 6.89. The summed E-state index contributed by atoms with van der Waals surface area (Å²) < 4.78 is 0. The molecule has 3 rings (SSSR count). The van der Waals surface area contributed by atoms with Crippen molar-refractivity contribution in [3.05, 3.63) is 46.2 Å². The van der Waals surface area contributed by atoms with Crippen LogP contribution >= 0.6 is 0 Å². The predicted octanol–water partition coefficient (Wildman–Crippen LogP) is 4.04. The molecular weight excluding hydrogens is 286 g/mol. The molecule has 0 aromatic heterocycles. The molecule has 1 N–H and O–H groups in total. The monoisotopic (exact) mass is 311 g/mol. The zero-order valence-corrected chi connectivity index (χ0v) is 14.2. The van der Waals surface area contributed by atoms with Crippen molar-refractivity contribution in [2.75, 3.05) is 0 Å². The van der Waals surface area contributed by atoms with Gasteiger partial charge in [-0.15, -0.1) is 0 Å². The third kappa shape index (κ3) is 3.10. The third-order valence-electron chi connectivity index (χ3n) is 4.91. The fourth-order valence-corrected chi connectivity index (χ4v) is 3.52. The maximum absolute atomic E-state index is 12.7. The van der Waals surface area contributed by atoms with Crippen molar-refractivity contribution in [1.29, 1.82) is 0 Å². The molecule has 1 aliphatic carbocycles. The fourth-order valence-electron chi connectivity index (χ4n) is 3.52. The van der Waals surface area contributed by atoms with Crippen molar-refractivity contribution < 1.29 is 9.59 Å². The van der Waals surface area contributed by atoms with Crippen LogP contribution in [0.25, 0.3) is 0 Å². The molecule has 1 atom stereocenters. The van der Waals surface area contributed by atoms with Gasteiger partial charge in [0.15, 0.2) is 5.78 Å². The smallest absolute Gasteiger partial charge is 0.240 e. The van der Waals surface area contributed by atoms with Crippen LogP contribution in [0.5, 0.6) is 0 Å². The minimum absolute atomic E-state index is 0.0727. The van der Waals surface area contributed by atoms with E-state index in [2.05, 4.69) is 24.4 Å². The Hall–Kier alpha value is -1.90. The molecule has 3 heteroatoms. The van der Waals surface area contributed by atoms with Crippen molar-refractivity contribution in [1.82, 2.24) is 5.32 Å². The maximum atomic E-state index is 12.7. The first-order valence-corrected chi connectivity index (χ1v) is 8.69. The van der Waals surface area contributed by atoms with Crippen LogP contribution in [0, 0.1) is 13.8 Å². The Labute approximate surface area is 138 Å². The zero-order valence-electron chi connectivity index (χ0n) is 14.2. The molecule has 1 aliphatic heterocycles. The normalized spacial score (nSPS) is 22.7. The number of allylic oxidation sites excluding steroid dienone is 2. The van der Waals surface area contributed by atoms with Crippen LogP contribution in [0.4, 0.5) is 0 Å². The Morgan fingerprint density at radius 3 is 2.39 bits per heavy atom. The van der Waals surface area contributed by atoms with Crippen LogP contribution < -0.4 is 5.32 Å². The molecule has 1 aromatic rings. The van der Waals surface area contributed by atoms with Crippen molar-refractivity contribution >= 4 is 11.7 Å². The van der Waals surface area contributed by atoms with Gasteiger partial charge < -0.3 is 5.32 Å².